The van der Waals surface area contributed by atoms with Crippen LogP contribution in [0.1, 0.15) is 18.1 Å². The Balaban J connectivity index is 1.67. The Labute approximate surface area is 157 Å². The van der Waals surface area contributed by atoms with Gasteiger partial charge in [-0.25, -0.2) is 13.4 Å². The molecule has 27 heavy (non-hydrogen) atoms. The van der Waals surface area contributed by atoms with Gasteiger partial charge in [0.1, 0.15) is 6.10 Å². The molecule has 9 heteroatoms. The van der Waals surface area contributed by atoms with Crippen molar-refractivity contribution in [1.82, 2.24) is 9.29 Å². The fourth-order valence-electron chi connectivity index (χ4n) is 2.74. The number of carbonyl (C=O) groups excluding carboxylic acids is 1. The summed E-state index contributed by atoms with van der Waals surface area (Å²) in [5.74, 6) is 0.0776. The van der Waals surface area contributed by atoms with Gasteiger partial charge in [0, 0.05) is 24.9 Å². The molecule has 1 aromatic heterocycles. The number of amides is 1. The Morgan fingerprint density at radius 2 is 2.07 bits per heavy atom. The molecule has 0 atom stereocenters. The van der Waals surface area contributed by atoms with Crippen LogP contribution in [0.2, 0.25) is 0 Å². The summed E-state index contributed by atoms with van der Waals surface area (Å²) in [5, 5.41) is 11.5. The second kappa shape index (κ2) is 7.34. The van der Waals surface area contributed by atoms with Crippen molar-refractivity contribution in [3.8, 4) is 11.9 Å². The van der Waals surface area contributed by atoms with Gasteiger partial charge in [0.05, 0.1) is 29.6 Å². The fourth-order valence-corrected chi connectivity index (χ4v) is 4.45. The van der Waals surface area contributed by atoms with E-state index in [9.17, 15) is 13.2 Å². The summed E-state index contributed by atoms with van der Waals surface area (Å²) < 4.78 is 32.5. The van der Waals surface area contributed by atoms with Crippen LogP contribution >= 0.6 is 0 Å². The number of hydrogen-bond donors (Lipinski definition) is 1. The van der Waals surface area contributed by atoms with Gasteiger partial charge in [-0.15, -0.1) is 0 Å². The van der Waals surface area contributed by atoms with E-state index < -0.39 is 10.0 Å². The summed E-state index contributed by atoms with van der Waals surface area (Å²) in [6.45, 7) is 3.48. The van der Waals surface area contributed by atoms with Gasteiger partial charge in [-0.3, -0.25) is 4.79 Å². The number of nitrogens with zero attached hydrogens (tertiary/aromatic N) is 3. The summed E-state index contributed by atoms with van der Waals surface area (Å²) >= 11 is 0. The molecule has 1 N–H and O–H groups in total. The number of hydrogen-bond acceptors (Lipinski definition) is 6. The highest BCUT2D eigenvalue weighted by Gasteiger charge is 2.39. The first-order chi connectivity index (χ1) is 12.8. The molecule has 1 fully saturated rings. The van der Waals surface area contributed by atoms with Crippen molar-refractivity contribution in [2.75, 3.05) is 18.4 Å². The van der Waals surface area contributed by atoms with Gasteiger partial charge in [0.25, 0.3) is 0 Å². The zero-order valence-corrected chi connectivity index (χ0v) is 15.7. The van der Waals surface area contributed by atoms with Crippen molar-refractivity contribution in [2.45, 2.75) is 24.8 Å². The lowest BCUT2D eigenvalue weighted by molar-refractivity contribution is -0.114. The highest BCUT2D eigenvalue weighted by atomic mass is 32.2. The zero-order chi connectivity index (χ0) is 19.6. The van der Waals surface area contributed by atoms with Crippen LogP contribution in [0.3, 0.4) is 0 Å². The molecular weight excluding hydrogens is 368 g/mol. The first kappa shape index (κ1) is 18.8. The van der Waals surface area contributed by atoms with Crippen molar-refractivity contribution in [3.63, 3.8) is 0 Å². The molecular formula is C18H18N4O4S. The lowest BCUT2D eigenvalue weighted by atomic mass is 10.2. The van der Waals surface area contributed by atoms with E-state index in [0.717, 1.165) is 0 Å². The number of sulfonamides is 1. The molecule has 2 aromatic rings. The predicted octanol–water partition coefficient (Wildman–Crippen LogP) is 1.67. The molecule has 0 bridgehead atoms. The van der Waals surface area contributed by atoms with Crippen LogP contribution in [0, 0.1) is 18.3 Å². The van der Waals surface area contributed by atoms with Crippen molar-refractivity contribution in [1.29, 1.82) is 5.26 Å². The van der Waals surface area contributed by atoms with Crippen molar-refractivity contribution >= 4 is 21.6 Å². The first-order valence-corrected chi connectivity index (χ1v) is 9.65. The van der Waals surface area contributed by atoms with Crippen LogP contribution in [0.4, 0.5) is 5.69 Å². The van der Waals surface area contributed by atoms with Crippen molar-refractivity contribution in [3.05, 3.63) is 47.7 Å². The number of anilines is 1. The van der Waals surface area contributed by atoms with Crippen LogP contribution in [0.5, 0.6) is 5.88 Å². The SMILES string of the molecule is CC(=O)Nc1ccc(S(=O)(=O)N2CC(Oc3cc(C#N)ccn3)C2)c(C)c1. The highest BCUT2D eigenvalue weighted by molar-refractivity contribution is 7.89. The lowest BCUT2D eigenvalue weighted by Crippen LogP contribution is -2.56. The van der Waals surface area contributed by atoms with E-state index >= 15 is 0 Å². The molecule has 8 nitrogen and oxygen atoms in total. The zero-order valence-electron chi connectivity index (χ0n) is 14.8. The molecule has 140 valence electrons. The summed E-state index contributed by atoms with van der Waals surface area (Å²) in [7, 11) is -3.65. The normalized spacial score (nSPS) is 14.9. The third-order valence-electron chi connectivity index (χ3n) is 4.08. The number of aromatic nitrogens is 1. The second-order valence-electron chi connectivity index (χ2n) is 6.22. The molecule has 0 spiro atoms. The Hall–Kier alpha value is -2.96. The summed E-state index contributed by atoms with van der Waals surface area (Å²) in [6, 6.07) is 9.76. The van der Waals surface area contributed by atoms with Gasteiger partial charge in [-0.1, -0.05) is 0 Å². The van der Waals surface area contributed by atoms with Gasteiger partial charge >= 0.3 is 0 Å². The minimum Gasteiger partial charge on any atom is -0.471 e. The average molecular weight is 386 g/mol. The van der Waals surface area contributed by atoms with E-state index in [2.05, 4.69) is 10.3 Å². The Kier molecular flexibility index (Phi) is 5.12. The van der Waals surface area contributed by atoms with E-state index in [1.807, 2.05) is 6.07 Å². The number of rotatable bonds is 5. The summed E-state index contributed by atoms with van der Waals surface area (Å²) in [5.41, 5.74) is 1.53. The number of nitriles is 1. The molecule has 1 aliphatic heterocycles. The molecule has 0 aliphatic carbocycles. The predicted molar refractivity (Wildman–Crippen MR) is 97.6 cm³/mol. The van der Waals surface area contributed by atoms with Gasteiger partial charge in [0.15, 0.2) is 0 Å². The maximum absolute atomic E-state index is 12.8. The fraction of sp³-hybridized carbons (Fsp3) is 0.278. The molecule has 0 saturated carbocycles. The number of carbonyl (C=O) groups is 1. The monoisotopic (exact) mass is 386 g/mol. The highest BCUT2D eigenvalue weighted by Crippen LogP contribution is 2.27. The van der Waals surface area contributed by atoms with Gasteiger partial charge in [-0.2, -0.15) is 9.57 Å². The average Bonchev–Trinajstić information content (AvgIpc) is 2.57. The van der Waals surface area contributed by atoms with Crippen molar-refractivity contribution < 1.29 is 17.9 Å². The first-order valence-electron chi connectivity index (χ1n) is 8.21. The summed E-state index contributed by atoms with van der Waals surface area (Å²) in [4.78, 5) is 15.3. The van der Waals surface area contributed by atoms with Gasteiger partial charge < -0.3 is 10.1 Å². The molecule has 1 amide bonds. The molecule has 0 unspecified atom stereocenters. The lowest BCUT2D eigenvalue weighted by Gasteiger charge is -2.37. The second-order valence-corrected chi connectivity index (χ2v) is 8.12. The largest absolute Gasteiger partial charge is 0.471 e. The van der Waals surface area contributed by atoms with Crippen LogP contribution in [-0.2, 0) is 14.8 Å². The van der Waals surface area contributed by atoms with Crippen molar-refractivity contribution in [2.24, 2.45) is 0 Å². The minimum absolute atomic E-state index is 0.194. The maximum atomic E-state index is 12.8. The topological polar surface area (TPSA) is 112 Å². The Morgan fingerprint density at radius 3 is 2.70 bits per heavy atom. The third-order valence-corrected chi connectivity index (χ3v) is 6.07. The van der Waals surface area contributed by atoms with E-state index in [1.165, 1.54) is 29.6 Å². The molecule has 2 heterocycles. The van der Waals surface area contributed by atoms with Gasteiger partial charge in [0.2, 0.25) is 21.8 Å². The number of benzene rings is 1. The van der Waals surface area contributed by atoms with E-state index in [4.69, 9.17) is 10.00 Å². The quantitative estimate of drug-likeness (QED) is 0.836. The van der Waals surface area contributed by atoms with E-state index in [1.54, 1.807) is 25.1 Å². The van der Waals surface area contributed by atoms with E-state index in [0.29, 0.717) is 22.7 Å². The molecule has 1 aliphatic rings. The number of aryl methyl sites for hydroxylation is 1. The molecule has 3 rings (SSSR count). The summed E-state index contributed by atoms with van der Waals surface area (Å²) in [6.07, 6.45) is 1.15. The number of ether oxygens (including phenoxy) is 1. The molecule has 0 radical (unpaired) electrons. The van der Waals surface area contributed by atoms with E-state index in [-0.39, 0.29) is 30.0 Å². The van der Waals surface area contributed by atoms with Crippen LogP contribution in [0.15, 0.2) is 41.4 Å². The minimum atomic E-state index is -3.65. The molecule has 1 aromatic carbocycles. The Bertz CT molecular complexity index is 1020. The number of pyridine rings is 1. The van der Waals surface area contributed by atoms with Crippen LogP contribution in [-0.4, -0.2) is 42.8 Å². The smallest absolute Gasteiger partial charge is 0.243 e. The standard InChI is InChI=1S/C18H18N4O4S/c1-12-7-15(21-13(2)23)3-4-17(12)27(24,25)22-10-16(11-22)26-18-8-14(9-19)5-6-20-18/h3-8,16H,10-11H2,1-2H3,(H,21,23). The van der Waals surface area contributed by atoms with Crippen LogP contribution < -0.4 is 10.1 Å². The maximum Gasteiger partial charge on any atom is 0.243 e. The number of nitrogens with one attached hydrogen (secondary N) is 1. The van der Waals surface area contributed by atoms with Crippen LogP contribution in [0.25, 0.3) is 0 Å². The third kappa shape index (κ3) is 4.07. The Morgan fingerprint density at radius 1 is 1.33 bits per heavy atom. The van der Waals surface area contributed by atoms with Gasteiger partial charge in [-0.05, 0) is 36.8 Å². The molecule has 1 saturated heterocycles.